The molecule has 0 spiro atoms. The van der Waals surface area contributed by atoms with Gasteiger partial charge in [-0.25, -0.2) is 0 Å². The van der Waals surface area contributed by atoms with E-state index in [4.69, 9.17) is 4.52 Å². The maximum absolute atomic E-state index is 10.3. The predicted octanol–water partition coefficient (Wildman–Crippen LogP) is 1.46. The van der Waals surface area contributed by atoms with Gasteiger partial charge in [0.05, 0.1) is 0 Å². The van der Waals surface area contributed by atoms with Crippen molar-refractivity contribution in [1.29, 1.82) is 0 Å². The topological polar surface area (TPSA) is 72.0 Å². The lowest BCUT2D eigenvalue weighted by molar-refractivity contribution is 0.0307. The Hall–Kier alpha value is -1.40. The van der Waals surface area contributed by atoms with Crippen molar-refractivity contribution in [1.82, 2.24) is 15.1 Å². The summed E-state index contributed by atoms with van der Waals surface area (Å²) in [5.74, 6) is 2.24. The molecule has 6 heteroatoms. The Morgan fingerprint density at radius 1 is 1.41 bits per heavy atom. The summed E-state index contributed by atoms with van der Waals surface area (Å²) in [6, 6.07) is 5.49. The highest BCUT2D eigenvalue weighted by Crippen LogP contribution is 2.36. The SMILES string of the molecule is O[C@]1(c2nc(-c3ccccn3)no2)CCSC1. The molecular weight excluding hydrogens is 238 g/mol. The first-order valence-corrected chi connectivity index (χ1v) is 6.49. The summed E-state index contributed by atoms with van der Waals surface area (Å²) in [6.45, 7) is 0. The highest BCUT2D eigenvalue weighted by atomic mass is 32.2. The van der Waals surface area contributed by atoms with Crippen LogP contribution >= 0.6 is 11.8 Å². The molecule has 5 nitrogen and oxygen atoms in total. The quantitative estimate of drug-likeness (QED) is 0.868. The molecule has 1 aliphatic heterocycles. The molecular formula is C11H11N3O2S. The fourth-order valence-electron chi connectivity index (χ4n) is 1.73. The minimum Gasteiger partial charge on any atom is -0.379 e. The van der Waals surface area contributed by atoms with Crippen molar-refractivity contribution in [3.05, 3.63) is 30.3 Å². The van der Waals surface area contributed by atoms with Crippen LogP contribution in [-0.4, -0.2) is 31.7 Å². The van der Waals surface area contributed by atoms with Crippen LogP contribution in [0.25, 0.3) is 11.5 Å². The number of aliphatic hydroxyl groups is 1. The summed E-state index contributed by atoms with van der Waals surface area (Å²) in [6.07, 6.45) is 2.33. The number of thioether (sulfide) groups is 1. The molecule has 1 N–H and O–H groups in total. The monoisotopic (exact) mass is 249 g/mol. The van der Waals surface area contributed by atoms with E-state index < -0.39 is 5.60 Å². The molecule has 88 valence electrons. The Balaban J connectivity index is 1.93. The van der Waals surface area contributed by atoms with Gasteiger partial charge < -0.3 is 9.63 Å². The van der Waals surface area contributed by atoms with E-state index in [9.17, 15) is 5.11 Å². The van der Waals surface area contributed by atoms with Crippen molar-refractivity contribution in [3.63, 3.8) is 0 Å². The number of pyridine rings is 1. The van der Waals surface area contributed by atoms with Crippen molar-refractivity contribution in [2.24, 2.45) is 0 Å². The molecule has 0 unspecified atom stereocenters. The summed E-state index contributed by atoms with van der Waals surface area (Å²) in [5, 5.41) is 14.1. The fourth-order valence-corrected chi connectivity index (χ4v) is 2.97. The van der Waals surface area contributed by atoms with Gasteiger partial charge in [0.25, 0.3) is 5.89 Å². The molecule has 2 aromatic rings. The highest BCUT2D eigenvalue weighted by molar-refractivity contribution is 7.99. The smallest absolute Gasteiger partial charge is 0.259 e. The summed E-state index contributed by atoms with van der Waals surface area (Å²) >= 11 is 1.69. The molecule has 0 bridgehead atoms. The number of hydrogen-bond acceptors (Lipinski definition) is 6. The van der Waals surface area contributed by atoms with E-state index in [0.717, 1.165) is 5.75 Å². The Labute approximate surface area is 102 Å². The van der Waals surface area contributed by atoms with Gasteiger partial charge in [-0.15, -0.1) is 0 Å². The van der Waals surface area contributed by atoms with E-state index >= 15 is 0 Å². The molecule has 1 atom stereocenters. The number of rotatable bonds is 2. The van der Waals surface area contributed by atoms with Gasteiger partial charge in [0, 0.05) is 11.9 Å². The summed E-state index contributed by atoms with van der Waals surface area (Å²) in [4.78, 5) is 8.37. The van der Waals surface area contributed by atoms with E-state index in [1.165, 1.54) is 0 Å². The molecule has 0 radical (unpaired) electrons. The zero-order chi connectivity index (χ0) is 11.7. The van der Waals surface area contributed by atoms with Crippen LogP contribution in [-0.2, 0) is 5.60 Å². The largest absolute Gasteiger partial charge is 0.379 e. The minimum atomic E-state index is -0.968. The maximum atomic E-state index is 10.3. The van der Waals surface area contributed by atoms with Crippen LogP contribution in [0.2, 0.25) is 0 Å². The lowest BCUT2D eigenvalue weighted by atomic mass is 10.0. The summed E-state index contributed by atoms with van der Waals surface area (Å²) in [7, 11) is 0. The lowest BCUT2D eigenvalue weighted by Gasteiger charge is -2.14. The van der Waals surface area contributed by atoms with Gasteiger partial charge in [0.1, 0.15) is 5.69 Å². The first-order valence-electron chi connectivity index (χ1n) is 5.34. The highest BCUT2D eigenvalue weighted by Gasteiger charge is 2.39. The molecule has 17 heavy (non-hydrogen) atoms. The number of nitrogens with zero attached hydrogens (tertiary/aromatic N) is 3. The van der Waals surface area contributed by atoms with Gasteiger partial charge in [0.15, 0.2) is 5.60 Å². The van der Waals surface area contributed by atoms with Crippen LogP contribution in [0.4, 0.5) is 0 Å². The molecule has 3 heterocycles. The van der Waals surface area contributed by atoms with Crippen LogP contribution in [0.1, 0.15) is 12.3 Å². The average molecular weight is 249 g/mol. The molecule has 0 amide bonds. The Morgan fingerprint density at radius 2 is 2.35 bits per heavy atom. The molecule has 1 saturated heterocycles. The third-order valence-electron chi connectivity index (χ3n) is 2.72. The van der Waals surface area contributed by atoms with E-state index in [2.05, 4.69) is 15.1 Å². The molecule has 2 aromatic heterocycles. The fraction of sp³-hybridized carbons (Fsp3) is 0.364. The average Bonchev–Trinajstić information content (AvgIpc) is 2.99. The van der Waals surface area contributed by atoms with Crippen molar-refractivity contribution in [3.8, 4) is 11.5 Å². The summed E-state index contributed by atoms with van der Waals surface area (Å²) < 4.78 is 5.14. The zero-order valence-corrected chi connectivity index (χ0v) is 9.85. The van der Waals surface area contributed by atoms with Crippen molar-refractivity contribution >= 4 is 11.8 Å². The lowest BCUT2D eigenvalue weighted by Crippen LogP contribution is -2.25. The van der Waals surface area contributed by atoms with E-state index in [-0.39, 0.29) is 0 Å². The second-order valence-corrected chi connectivity index (χ2v) is 5.08. The standard InChI is InChI=1S/C11H11N3O2S/c15-11(4-6-17-7-11)10-13-9(14-16-10)8-3-1-2-5-12-8/h1-3,5,15H,4,6-7H2/t11-/m1/s1. The van der Waals surface area contributed by atoms with Crippen molar-refractivity contribution in [2.45, 2.75) is 12.0 Å². The van der Waals surface area contributed by atoms with Gasteiger partial charge in [0.2, 0.25) is 5.82 Å². The van der Waals surface area contributed by atoms with Crippen molar-refractivity contribution in [2.75, 3.05) is 11.5 Å². The first-order chi connectivity index (χ1) is 8.28. The van der Waals surface area contributed by atoms with Gasteiger partial charge in [-0.05, 0) is 24.3 Å². The van der Waals surface area contributed by atoms with Crippen LogP contribution in [0.5, 0.6) is 0 Å². The zero-order valence-electron chi connectivity index (χ0n) is 9.04. The minimum absolute atomic E-state index is 0.295. The van der Waals surface area contributed by atoms with E-state index in [1.54, 1.807) is 18.0 Å². The molecule has 1 fully saturated rings. The first kappa shape index (κ1) is 10.7. The van der Waals surface area contributed by atoms with E-state index in [1.807, 2.05) is 18.2 Å². The predicted molar refractivity (Wildman–Crippen MR) is 63.4 cm³/mol. The van der Waals surface area contributed by atoms with Crippen LogP contribution < -0.4 is 0 Å². The third-order valence-corrected chi connectivity index (χ3v) is 3.89. The molecule has 0 saturated carbocycles. The third kappa shape index (κ3) is 1.94. The van der Waals surface area contributed by atoms with Gasteiger partial charge >= 0.3 is 0 Å². The number of hydrogen-bond donors (Lipinski definition) is 1. The number of aromatic nitrogens is 3. The van der Waals surface area contributed by atoms with Crippen LogP contribution in [0, 0.1) is 0 Å². The molecule has 0 aliphatic carbocycles. The van der Waals surface area contributed by atoms with Gasteiger partial charge in [-0.3, -0.25) is 4.98 Å². The molecule has 0 aromatic carbocycles. The van der Waals surface area contributed by atoms with Crippen molar-refractivity contribution < 1.29 is 9.63 Å². The maximum Gasteiger partial charge on any atom is 0.259 e. The van der Waals surface area contributed by atoms with Crippen LogP contribution in [0.15, 0.2) is 28.9 Å². The molecule has 3 rings (SSSR count). The normalized spacial score (nSPS) is 24.1. The van der Waals surface area contributed by atoms with Gasteiger partial charge in [-0.2, -0.15) is 16.7 Å². The van der Waals surface area contributed by atoms with Gasteiger partial charge in [-0.1, -0.05) is 11.2 Å². The summed E-state index contributed by atoms with van der Waals surface area (Å²) in [5.41, 5.74) is -0.318. The second kappa shape index (κ2) is 4.12. The van der Waals surface area contributed by atoms with Crippen LogP contribution in [0.3, 0.4) is 0 Å². The van der Waals surface area contributed by atoms with E-state index in [0.29, 0.717) is 29.6 Å². The Bertz CT molecular complexity index is 508. The Kier molecular flexibility index (Phi) is 2.60. The molecule has 1 aliphatic rings. The Morgan fingerprint density at radius 3 is 3.06 bits per heavy atom. The second-order valence-electron chi connectivity index (χ2n) is 3.97.